The van der Waals surface area contributed by atoms with Gasteiger partial charge in [0.25, 0.3) is 0 Å². The highest BCUT2D eigenvalue weighted by Gasteiger charge is 2.37. The summed E-state index contributed by atoms with van der Waals surface area (Å²) < 4.78 is 0. The molecule has 2 nitrogen and oxygen atoms in total. The van der Waals surface area contributed by atoms with Crippen molar-refractivity contribution in [1.29, 1.82) is 0 Å². The average molecular weight is 342 g/mol. The van der Waals surface area contributed by atoms with Crippen LogP contribution in [0.15, 0.2) is 48.5 Å². The number of nitrogens with zero attached hydrogens (tertiary/aromatic N) is 2. The Kier molecular flexibility index (Phi) is 4.14. The van der Waals surface area contributed by atoms with Gasteiger partial charge in [-0.1, -0.05) is 48.5 Å². The van der Waals surface area contributed by atoms with Crippen LogP contribution in [0.1, 0.15) is 53.5 Å². The van der Waals surface area contributed by atoms with E-state index in [1.165, 1.54) is 39.9 Å². The Hall–Kier alpha value is -2.48. The van der Waals surface area contributed by atoms with Crippen LogP contribution in [0.25, 0.3) is 11.3 Å². The highest BCUT2D eigenvalue weighted by atomic mass is 14.9. The molecule has 0 saturated carbocycles. The molecule has 1 aliphatic carbocycles. The Labute approximate surface area is 156 Å². The summed E-state index contributed by atoms with van der Waals surface area (Å²) in [6.07, 6.45) is 3.36. The molecule has 0 saturated heterocycles. The first-order valence-electron chi connectivity index (χ1n) is 9.51. The van der Waals surface area contributed by atoms with E-state index in [1.807, 2.05) is 6.92 Å². The van der Waals surface area contributed by atoms with Crippen molar-refractivity contribution in [3.8, 4) is 11.3 Å². The van der Waals surface area contributed by atoms with Crippen molar-refractivity contribution in [3.63, 3.8) is 0 Å². The maximum Gasteiger partial charge on any atom is 0.126 e. The van der Waals surface area contributed by atoms with Crippen molar-refractivity contribution in [2.75, 3.05) is 0 Å². The molecule has 0 radical (unpaired) electrons. The van der Waals surface area contributed by atoms with Gasteiger partial charge in [-0.15, -0.1) is 0 Å². The second-order valence-corrected chi connectivity index (χ2v) is 7.77. The molecule has 1 aliphatic rings. The van der Waals surface area contributed by atoms with E-state index in [9.17, 15) is 0 Å². The average Bonchev–Trinajstić information content (AvgIpc) is 2.63. The molecular formula is C24H26N2. The molecule has 1 atom stereocenters. The summed E-state index contributed by atoms with van der Waals surface area (Å²) in [5.74, 6) is 0.866. The number of aryl methyl sites for hydroxylation is 3. The molecule has 2 heteroatoms. The molecule has 0 fully saturated rings. The number of fused-ring (bicyclic) bond motifs is 1. The first-order chi connectivity index (χ1) is 12.5. The Balaban J connectivity index is 2.00. The van der Waals surface area contributed by atoms with Gasteiger partial charge in [0, 0.05) is 16.5 Å². The number of benzene rings is 2. The quantitative estimate of drug-likeness (QED) is 0.596. The van der Waals surface area contributed by atoms with Crippen molar-refractivity contribution in [3.05, 3.63) is 82.3 Å². The Morgan fingerprint density at radius 3 is 2.23 bits per heavy atom. The SMILES string of the molecule is Cc1nc(-c2c(C)cccc2C)c2c(n1)C(C)(c1ccccc1)CCC2. The van der Waals surface area contributed by atoms with E-state index in [-0.39, 0.29) is 5.41 Å². The van der Waals surface area contributed by atoms with Gasteiger partial charge >= 0.3 is 0 Å². The summed E-state index contributed by atoms with van der Waals surface area (Å²) in [6, 6.07) is 17.3. The molecule has 2 aromatic carbocycles. The van der Waals surface area contributed by atoms with Crippen LogP contribution in [0.2, 0.25) is 0 Å². The largest absolute Gasteiger partial charge is 0.237 e. The van der Waals surface area contributed by atoms with Gasteiger partial charge in [-0.2, -0.15) is 0 Å². The monoisotopic (exact) mass is 342 g/mol. The lowest BCUT2D eigenvalue weighted by Crippen LogP contribution is -2.31. The fourth-order valence-electron chi connectivity index (χ4n) is 4.51. The lowest BCUT2D eigenvalue weighted by molar-refractivity contribution is 0.448. The van der Waals surface area contributed by atoms with Crippen molar-refractivity contribution < 1.29 is 0 Å². The van der Waals surface area contributed by atoms with Crippen LogP contribution in [-0.4, -0.2) is 9.97 Å². The second-order valence-electron chi connectivity index (χ2n) is 7.77. The molecule has 3 aromatic rings. The smallest absolute Gasteiger partial charge is 0.126 e. The summed E-state index contributed by atoms with van der Waals surface area (Å²) in [7, 11) is 0. The Morgan fingerprint density at radius 2 is 1.54 bits per heavy atom. The molecular weight excluding hydrogens is 316 g/mol. The number of aromatic nitrogens is 2. The van der Waals surface area contributed by atoms with Crippen LogP contribution in [0.5, 0.6) is 0 Å². The minimum atomic E-state index is -0.0477. The van der Waals surface area contributed by atoms with E-state index in [2.05, 4.69) is 69.3 Å². The Morgan fingerprint density at radius 1 is 0.846 bits per heavy atom. The van der Waals surface area contributed by atoms with E-state index >= 15 is 0 Å². The minimum Gasteiger partial charge on any atom is -0.237 e. The van der Waals surface area contributed by atoms with Crippen molar-refractivity contribution in [2.24, 2.45) is 0 Å². The lowest BCUT2D eigenvalue weighted by Gasteiger charge is -2.36. The van der Waals surface area contributed by atoms with E-state index in [0.717, 1.165) is 24.4 Å². The van der Waals surface area contributed by atoms with Crippen LogP contribution >= 0.6 is 0 Å². The van der Waals surface area contributed by atoms with E-state index < -0.39 is 0 Å². The highest BCUT2D eigenvalue weighted by Crippen LogP contribution is 2.44. The van der Waals surface area contributed by atoms with E-state index in [0.29, 0.717) is 0 Å². The van der Waals surface area contributed by atoms with Crippen molar-refractivity contribution >= 4 is 0 Å². The molecule has 0 aliphatic heterocycles. The first kappa shape index (κ1) is 17.0. The van der Waals surface area contributed by atoms with E-state index in [4.69, 9.17) is 9.97 Å². The van der Waals surface area contributed by atoms with Gasteiger partial charge in [-0.05, 0) is 63.6 Å². The van der Waals surface area contributed by atoms with Gasteiger partial charge in [0.15, 0.2) is 0 Å². The third-order valence-corrected chi connectivity index (χ3v) is 5.87. The van der Waals surface area contributed by atoms with Gasteiger partial charge < -0.3 is 0 Å². The second kappa shape index (κ2) is 6.35. The topological polar surface area (TPSA) is 25.8 Å². The molecule has 1 heterocycles. The molecule has 0 N–H and O–H groups in total. The van der Waals surface area contributed by atoms with Crippen LogP contribution in [0.4, 0.5) is 0 Å². The predicted octanol–water partition coefficient (Wildman–Crippen LogP) is 5.71. The summed E-state index contributed by atoms with van der Waals surface area (Å²) >= 11 is 0. The van der Waals surface area contributed by atoms with Crippen LogP contribution in [0.3, 0.4) is 0 Å². The molecule has 0 amide bonds. The standard InChI is InChI=1S/C24H26N2/c1-16-10-8-11-17(2)21(16)22-20-14-9-15-24(4,19-12-6-5-7-13-19)23(20)26-18(3)25-22/h5-8,10-13H,9,14-15H2,1-4H3. The van der Waals surface area contributed by atoms with Gasteiger partial charge in [0.2, 0.25) is 0 Å². The predicted molar refractivity (Wildman–Crippen MR) is 108 cm³/mol. The van der Waals surface area contributed by atoms with Gasteiger partial charge in [0.1, 0.15) is 5.82 Å². The highest BCUT2D eigenvalue weighted by molar-refractivity contribution is 5.72. The first-order valence-corrected chi connectivity index (χ1v) is 9.51. The molecule has 1 aromatic heterocycles. The normalized spacial score (nSPS) is 19.2. The van der Waals surface area contributed by atoms with Crippen molar-refractivity contribution in [2.45, 2.75) is 52.4 Å². The van der Waals surface area contributed by atoms with Gasteiger partial charge in [-0.25, -0.2) is 9.97 Å². The summed E-state index contributed by atoms with van der Waals surface area (Å²) in [5, 5.41) is 0. The third-order valence-electron chi connectivity index (χ3n) is 5.87. The Bertz CT molecular complexity index is 939. The molecule has 0 bridgehead atoms. The molecule has 26 heavy (non-hydrogen) atoms. The fourth-order valence-corrected chi connectivity index (χ4v) is 4.51. The third kappa shape index (κ3) is 2.65. The lowest BCUT2D eigenvalue weighted by atomic mass is 9.69. The zero-order valence-corrected chi connectivity index (χ0v) is 16.1. The summed E-state index contributed by atoms with van der Waals surface area (Å²) in [6.45, 7) is 8.75. The van der Waals surface area contributed by atoms with E-state index in [1.54, 1.807) is 0 Å². The zero-order chi connectivity index (χ0) is 18.3. The van der Waals surface area contributed by atoms with Crippen LogP contribution in [0, 0.1) is 20.8 Å². The maximum atomic E-state index is 4.98. The minimum absolute atomic E-state index is 0.0477. The number of hydrogen-bond donors (Lipinski definition) is 0. The number of hydrogen-bond acceptors (Lipinski definition) is 2. The summed E-state index contributed by atoms with van der Waals surface area (Å²) in [4.78, 5) is 9.90. The molecule has 0 spiro atoms. The van der Waals surface area contributed by atoms with Gasteiger partial charge in [0.05, 0.1) is 11.4 Å². The zero-order valence-electron chi connectivity index (χ0n) is 16.1. The van der Waals surface area contributed by atoms with Crippen LogP contribution in [-0.2, 0) is 11.8 Å². The van der Waals surface area contributed by atoms with Gasteiger partial charge in [-0.3, -0.25) is 0 Å². The molecule has 1 unspecified atom stereocenters. The number of rotatable bonds is 2. The molecule has 4 rings (SSSR count). The summed E-state index contributed by atoms with van der Waals surface area (Å²) in [5.41, 5.74) is 8.87. The maximum absolute atomic E-state index is 4.98. The molecule has 132 valence electrons. The fraction of sp³-hybridized carbons (Fsp3) is 0.333. The van der Waals surface area contributed by atoms with Crippen molar-refractivity contribution in [1.82, 2.24) is 9.97 Å². The van der Waals surface area contributed by atoms with Crippen LogP contribution < -0.4 is 0 Å².